The van der Waals surface area contributed by atoms with Gasteiger partial charge in [0.05, 0.1) is 35.0 Å². The molecule has 4 amide bonds. The van der Waals surface area contributed by atoms with E-state index < -0.39 is 40.8 Å². The lowest BCUT2D eigenvalue weighted by Crippen LogP contribution is -2.54. The minimum Gasteiger partial charge on any atom is -0.491 e. The van der Waals surface area contributed by atoms with Crippen molar-refractivity contribution in [3.8, 4) is 11.5 Å². The zero-order valence-electron chi connectivity index (χ0n) is 17.0. The molecule has 2 aromatic rings. The van der Waals surface area contributed by atoms with Gasteiger partial charge >= 0.3 is 12.2 Å². The Hall–Kier alpha value is -3.24. The van der Waals surface area contributed by atoms with Gasteiger partial charge in [-0.1, -0.05) is 23.2 Å². The highest BCUT2D eigenvalue weighted by molar-refractivity contribution is 6.42. The van der Waals surface area contributed by atoms with Crippen LogP contribution in [-0.4, -0.2) is 31.6 Å². The highest BCUT2D eigenvalue weighted by Gasteiger charge is 2.39. The average molecular weight is 503 g/mol. The summed E-state index contributed by atoms with van der Waals surface area (Å²) in [7, 11) is 1.38. The Balaban J connectivity index is 2.10. The Labute approximate surface area is 195 Å². The van der Waals surface area contributed by atoms with Crippen LogP contribution < -0.4 is 19.7 Å². The summed E-state index contributed by atoms with van der Waals surface area (Å²) in [5, 5.41) is 1.74. The Kier molecular flexibility index (Phi) is 6.89. The molecule has 7 nitrogen and oxygen atoms in total. The number of hydrogen-bond donors (Lipinski definition) is 1. The maximum atomic E-state index is 13.1. The third-order valence-electron chi connectivity index (χ3n) is 4.46. The number of benzene rings is 2. The number of alkyl halides is 3. The molecule has 0 spiro atoms. The van der Waals surface area contributed by atoms with Gasteiger partial charge in [0, 0.05) is 0 Å². The summed E-state index contributed by atoms with van der Waals surface area (Å²) in [6.45, 7) is 1.99. The second-order valence-electron chi connectivity index (χ2n) is 6.59. The number of carbonyl (C=O) groups is 3. The molecule has 12 heteroatoms. The normalized spacial score (nSPS) is 15.7. The summed E-state index contributed by atoms with van der Waals surface area (Å²) in [5.41, 5.74) is -1.96. The van der Waals surface area contributed by atoms with Gasteiger partial charge in [0.25, 0.3) is 11.8 Å². The van der Waals surface area contributed by atoms with Crippen molar-refractivity contribution in [2.24, 2.45) is 0 Å². The summed E-state index contributed by atoms with van der Waals surface area (Å²) in [5.74, 6) is -1.76. The fourth-order valence-electron chi connectivity index (χ4n) is 3.04. The molecule has 1 heterocycles. The molecule has 2 aromatic carbocycles. The molecule has 1 saturated heterocycles. The van der Waals surface area contributed by atoms with E-state index in [1.54, 1.807) is 6.92 Å². The van der Waals surface area contributed by atoms with Gasteiger partial charge in [-0.2, -0.15) is 13.2 Å². The molecule has 0 bridgehead atoms. The number of methoxy groups -OCH3 is 1. The number of rotatable bonds is 5. The molecule has 0 unspecified atom stereocenters. The second kappa shape index (κ2) is 9.32. The molecule has 1 fully saturated rings. The monoisotopic (exact) mass is 502 g/mol. The van der Waals surface area contributed by atoms with Crippen LogP contribution in [0.3, 0.4) is 0 Å². The zero-order valence-corrected chi connectivity index (χ0v) is 18.6. The van der Waals surface area contributed by atoms with Gasteiger partial charge in [-0.25, -0.2) is 9.69 Å². The van der Waals surface area contributed by atoms with E-state index in [-0.39, 0.29) is 33.7 Å². The van der Waals surface area contributed by atoms with Gasteiger partial charge in [0.15, 0.2) is 11.5 Å². The number of nitrogens with one attached hydrogen (secondary N) is 1. The zero-order chi connectivity index (χ0) is 24.5. The summed E-state index contributed by atoms with van der Waals surface area (Å²) >= 11 is 12.2. The van der Waals surface area contributed by atoms with Crippen LogP contribution in [0.1, 0.15) is 18.1 Å². The molecule has 1 aliphatic rings. The third kappa shape index (κ3) is 4.91. The van der Waals surface area contributed by atoms with Crippen molar-refractivity contribution < 1.29 is 37.0 Å². The molecule has 0 aliphatic carbocycles. The standard InChI is InChI=1S/C21H15Cl2F3N2O5/c1-3-33-16-8-10(7-14(23)17(16)32-2)6-12-18(29)27-20(31)28(19(12)30)15-9-11(21(24,25)26)4-5-13(15)22/h4-9H,3H2,1-2H3,(H,27,29,31)/b12-6-. The number of amides is 4. The maximum Gasteiger partial charge on any atom is 0.416 e. The molecule has 0 radical (unpaired) electrons. The topological polar surface area (TPSA) is 84.9 Å². The summed E-state index contributed by atoms with van der Waals surface area (Å²) in [6, 6.07) is 3.73. The Morgan fingerprint density at radius 3 is 2.39 bits per heavy atom. The lowest BCUT2D eigenvalue weighted by atomic mass is 10.1. The highest BCUT2D eigenvalue weighted by Crippen LogP contribution is 2.38. The van der Waals surface area contributed by atoms with Crippen molar-refractivity contribution in [3.05, 3.63) is 57.1 Å². The van der Waals surface area contributed by atoms with E-state index in [0.717, 1.165) is 12.1 Å². The number of barbiturate groups is 1. The van der Waals surface area contributed by atoms with Gasteiger partial charge in [-0.05, 0) is 48.9 Å². The lowest BCUT2D eigenvalue weighted by molar-refractivity contribution is -0.137. The predicted molar refractivity (Wildman–Crippen MR) is 115 cm³/mol. The van der Waals surface area contributed by atoms with Crippen molar-refractivity contribution in [1.82, 2.24) is 5.32 Å². The number of imide groups is 2. The molecular formula is C21H15Cl2F3N2O5. The third-order valence-corrected chi connectivity index (χ3v) is 5.06. The first kappa shape index (κ1) is 24.4. The summed E-state index contributed by atoms with van der Waals surface area (Å²) in [4.78, 5) is 38.1. The molecule has 1 aliphatic heterocycles. The number of urea groups is 1. The number of carbonyl (C=O) groups excluding carboxylic acids is 3. The molecule has 0 atom stereocenters. The predicted octanol–water partition coefficient (Wildman–Crippen LogP) is 5.09. The fraction of sp³-hybridized carbons (Fsp3) is 0.190. The lowest BCUT2D eigenvalue weighted by Gasteiger charge is -2.27. The van der Waals surface area contributed by atoms with E-state index in [9.17, 15) is 27.6 Å². The molecular weight excluding hydrogens is 488 g/mol. The van der Waals surface area contributed by atoms with Crippen LogP contribution in [0.2, 0.25) is 10.0 Å². The van der Waals surface area contributed by atoms with Crippen LogP contribution in [0, 0.1) is 0 Å². The van der Waals surface area contributed by atoms with Gasteiger partial charge in [0.1, 0.15) is 5.57 Å². The van der Waals surface area contributed by atoms with E-state index in [4.69, 9.17) is 32.7 Å². The van der Waals surface area contributed by atoms with Gasteiger partial charge in [-0.15, -0.1) is 0 Å². The number of hydrogen-bond acceptors (Lipinski definition) is 5. The Morgan fingerprint density at radius 2 is 1.79 bits per heavy atom. The van der Waals surface area contributed by atoms with Crippen LogP contribution in [0.4, 0.5) is 23.7 Å². The van der Waals surface area contributed by atoms with E-state index in [1.165, 1.54) is 19.2 Å². The van der Waals surface area contributed by atoms with Gasteiger partial charge in [0.2, 0.25) is 0 Å². The number of anilines is 1. The van der Waals surface area contributed by atoms with E-state index >= 15 is 0 Å². The SMILES string of the molecule is CCOc1cc(/C=C2/C(=O)NC(=O)N(c3cc(C(F)(F)F)ccc3Cl)C2=O)cc(Cl)c1OC. The minimum absolute atomic E-state index is 0.118. The first-order chi connectivity index (χ1) is 15.5. The Morgan fingerprint density at radius 1 is 1.09 bits per heavy atom. The van der Waals surface area contributed by atoms with E-state index in [2.05, 4.69) is 0 Å². The smallest absolute Gasteiger partial charge is 0.416 e. The van der Waals surface area contributed by atoms with E-state index in [1.807, 2.05) is 5.32 Å². The molecule has 0 saturated carbocycles. The average Bonchev–Trinajstić information content (AvgIpc) is 2.71. The largest absolute Gasteiger partial charge is 0.491 e. The quantitative estimate of drug-likeness (QED) is 0.454. The summed E-state index contributed by atoms with van der Waals surface area (Å²) < 4.78 is 50.0. The fourth-order valence-corrected chi connectivity index (χ4v) is 3.53. The van der Waals surface area contributed by atoms with Crippen molar-refractivity contribution in [3.63, 3.8) is 0 Å². The van der Waals surface area contributed by atoms with Gasteiger partial charge < -0.3 is 9.47 Å². The molecule has 3 rings (SSSR count). The van der Waals surface area contributed by atoms with Crippen LogP contribution in [0.25, 0.3) is 6.08 Å². The van der Waals surface area contributed by atoms with Crippen LogP contribution in [0.5, 0.6) is 11.5 Å². The van der Waals surface area contributed by atoms with Crippen LogP contribution >= 0.6 is 23.2 Å². The van der Waals surface area contributed by atoms with Gasteiger partial charge in [-0.3, -0.25) is 14.9 Å². The van der Waals surface area contributed by atoms with Crippen molar-refractivity contribution in [1.29, 1.82) is 0 Å². The number of halogens is 5. The maximum absolute atomic E-state index is 13.1. The number of ether oxygens (including phenoxy) is 2. The molecule has 174 valence electrons. The minimum atomic E-state index is -4.75. The first-order valence-corrected chi connectivity index (χ1v) is 10.0. The summed E-state index contributed by atoms with van der Waals surface area (Å²) in [6.07, 6.45) is -3.63. The van der Waals surface area contributed by atoms with E-state index in [0.29, 0.717) is 17.0 Å². The Bertz CT molecular complexity index is 1180. The molecule has 1 N–H and O–H groups in total. The highest BCUT2D eigenvalue weighted by atomic mass is 35.5. The van der Waals surface area contributed by atoms with Crippen LogP contribution in [-0.2, 0) is 15.8 Å². The van der Waals surface area contributed by atoms with Crippen LogP contribution in [0.15, 0.2) is 35.9 Å². The number of nitrogens with zero attached hydrogens (tertiary/aromatic N) is 1. The molecule has 0 aromatic heterocycles. The molecule has 33 heavy (non-hydrogen) atoms. The van der Waals surface area contributed by atoms with Crippen molar-refractivity contribution in [2.75, 3.05) is 18.6 Å². The van der Waals surface area contributed by atoms with Crippen molar-refractivity contribution in [2.45, 2.75) is 13.1 Å². The first-order valence-electron chi connectivity index (χ1n) is 9.26. The second-order valence-corrected chi connectivity index (χ2v) is 7.40. The van der Waals surface area contributed by atoms with Crippen molar-refractivity contribution >= 4 is 52.8 Å².